The third kappa shape index (κ3) is 5.65. The number of aliphatic hydroxyl groups is 2. The maximum absolute atomic E-state index is 12.6. The first-order chi connectivity index (χ1) is 17.6. The highest BCUT2D eigenvalue weighted by Gasteiger charge is 2.40. The second-order valence-electron chi connectivity index (χ2n) is 9.02. The third-order valence-electron chi connectivity index (χ3n) is 6.36. The Hall–Kier alpha value is -3.37. The van der Waals surface area contributed by atoms with E-state index >= 15 is 0 Å². The van der Waals surface area contributed by atoms with E-state index in [4.69, 9.17) is 14.2 Å². The Kier molecular flexibility index (Phi) is 7.89. The zero-order chi connectivity index (χ0) is 26.9. The number of carbonyl (C=O) groups excluding carboxylic acids is 1. The smallest absolute Gasteiger partial charge is 0.330 e. The van der Waals surface area contributed by atoms with E-state index < -0.39 is 65.3 Å². The maximum Gasteiger partial charge on any atom is 0.330 e. The quantitative estimate of drug-likeness (QED) is 0.224. The molecule has 37 heavy (non-hydrogen) atoms. The van der Waals surface area contributed by atoms with Crippen LogP contribution in [0.4, 0.5) is 0 Å². The number of H-pyrrole nitrogens is 2. The minimum absolute atomic E-state index is 0.0252. The van der Waals surface area contributed by atoms with E-state index in [1.54, 1.807) is 6.92 Å². The molecule has 0 radical (unpaired) electrons. The van der Waals surface area contributed by atoms with Gasteiger partial charge in [0, 0.05) is 42.9 Å². The van der Waals surface area contributed by atoms with Gasteiger partial charge in [-0.15, -0.1) is 0 Å². The van der Waals surface area contributed by atoms with Gasteiger partial charge in [-0.3, -0.25) is 33.5 Å². The summed E-state index contributed by atoms with van der Waals surface area (Å²) in [5.74, 6) is -0.609. The van der Waals surface area contributed by atoms with Crippen molar-refractivity contribution in [2.24, 2.45) is 0 Å². The standard InChI is InChI=1S/C22H29N5O10/c1-10-7-26(21(33)24-18(10)30)15-5-12(29)17(37-15)20(32)23-3-4-35-13-6-16(36-14(13)9-28)27-8-11(2)19(31)25-22(27)34/h7-8,12-17,28-29H,3-6,9H2,1-2H3,(H,23,32)(H,24,30,33)(H,25,31,34)/t12-,13-,14+,15+,16+,17-/m0/s1. The molecular weight excluding hydrogens is 494 g/mol. The molecule has 2 aliphatic heterocycles. The van der Waals surface area contributed by atoms with E-state index in [0.29, 0.717) is 5.56 Å². The Morgan fingerprint density at radius 1 is 1.03 bits per heavy atom. The molecule has 2 fully saturated rings. The fraction of sp³-hybridized carbons (Fsp3) is 0.591. The fourth-order valence-corrected chi connectivity index (χ4v) is 4.36. The van der Waals surface area contributed by atoms with Gasteiger partial charge in [0.1, 0.15) is 18.6 Å². The van der Waals surface area contributed by atoms with Gasteiger partial charge in [0.05, 0.1) is 25.4 Å². The molecule has 4 heterocycles. The molecule has 0 saturated carbocycles. The predicted octanol–water partition coefficient (Wildman–Crippen LogP) is -2.87. The minimum atomic E-state index is -1.23. The molecule has 202 valence electrons. The molecule has 1 amide bonds. The van der Waals surface area contributed by atoms with Crippen LogP contribution < -0.4 is 27.8 Å². The Morgan fingerprint density at radius 3 is 2.16 bits per heavy atom. The molecule has 0 unspecified atom stereocenters. The number of aromatic nitrogens is 4. The number of hydrogen-bond donors (Lipinski definition) is 5. The molecular formula is C22H29N5O10. The lowest BCUT2D eigenvalue weighted by Crippen LogP contribution is -2.42. The number of nitrogens with one attached hydrogen (secondary N) is 3. The highest BCUT2D eigenvalue weighted by atomic mass is 16.6. The summed E-state index contributed by atoms with van der Waals surface area (Å²) in [6.07, 6.45) is -2.50. The molecule has 2 saturated heterocycles. The topological polar surface area (TPSA) is 207 Å². The second-order valence-corrected chi connectivity index (χ2v) is 9.02. The van der Waals surface area contributed by atoms with Crippen LogP contribution in [0.5, 0.6) is 0 Å². The largest absolute Gasteiger partial charge is 0.394 e. The molecule has 0 bridgehead atoms. The molecule has 6 atom stereocenters. The van der Waals surface area contributed by atoms with E-state index in [1.807, 2.05) is 0 Å². The molecule has 2 aromatic rings. The van der Waals surface area contributed by atoms with Crippen molar-refractivity contribution in [1.82, 2.24) is 24.4 Å². The predicted molar refractivity (Wildman–Crippen MR) is 125 cm³/mol. The molecule has 15 heteroatoms. The van der Waals surface area contributed by atoms with E-state index in [-0.39, 0.29) is 38.2 Å². The molecule has 4 rings (SSSR count). The van der Waals surface area contributed by atoms with Crippen LogP contribution in [-0.4, -0.2) is 79.4 Å². The highest BCUT2D eigenvalue weighted by molar-refractivity contribution is 5.81. The first kappa shape index (κ1) is 26.7. The molecule has 0 aliphatic carbocycles. The van der Waals surface area contributed by atoms with Gasteiger partial charge >= 0.3 is 11.4 Å². The van der Waals surface area contributed by atoms with Gasteiger partial charge in [-0.2, -0.15) is 0 Å². The summed E-state index contributed by atoms with van der Waals surface area (Å²) in [4.78, 5) is 64.3. The van der Waals surface area contributed by atoms with Crippen molar-refractivity contribution in [3.8, 4) is 0 Å². The van der Waals surface area contributed by atoms with Crippen molar-refractivity contribution in [2.75, 3.05) is 19.8 Å². The van der Waals surface area contributed by atoms with Gasteiger partial charge in [-0.05, 0) is 13.8 Å². The average Bonchev–Trinajstić information content (AvgIpc) is 3.44. The molecule has 0 aromatic carbocycles. The number of nitrogens with zero attached hydrogens (tertiary/aromatic N) is 2. The van der Waals surface area contributed by atoms with Crippen molar-refractivity contribution in [3.63, 3.8) is 0 Å². The Labute approximate surface area is 208 Å². The average molecular weight is 523 g/mol. The van der Waals surface area contributed by atoms with Crippen LogP contribution in [0.1, 0.15) is 36.4 Å². The maximum atomic E-state index is 12.6. The number of hydrogen-bond acceptors (Lipinski definition) is 10. The second kappa shape index (κ2) is 10.9. The van der Waals surface area contributed by atoms with E-state index in [2.05, 4.69) is 15.3 Å². The highest BCUT2D eigenvalue weighted by Crippen LogP contribution is 2.30. The lowest BCUT2D eigenvalue weighted by Gasteiger charge is -2.18. The van der Waals surface area contributed by atoms with E-state index in [0.717, 1.165) is 4.57 Å². The zero-order valence-corrected chi connectivity index (χ0v) is 20.2. The van der Waals surface area contributed by atoms with Crippen LogP contribution in [0.25, 0.3) is 0 Å². The van der Waals surface area contributed by atoms with Gasteiger partial charge in [0.25, 0.3) is 17.0 Å². The van der Waals surface area contributed by atoms with E-state index in [1.165, 1.54) is 23.9 Å². The number of amides is 1. The molecule has 2 aliphatic rings. The number of aliphatic hydroxyl groups excluding tert-OH is 2. The van der Waals surface area contributed by atoms with E-state index in [9.17, 15) is 34.2 Å². The van der Waals surface area contributed by atoms with Gasteiger partial charge < -0.3 is 29.7 Å². The van der Waals surface area contributed by atoms with Crippen molar-refractivity contribution < 1.29 is 29.2 Å². The van der Waals surface area contributed by atoms with Crippen LogP contribution >= 0.6 is 0 Å². The number of aryl methyl sites for hydroxylation is 2. The normalized spacial score (nSPS) is 27.5. The summed E-state index contributed by atoms with van der Waals surface area (Å²) in [5, 5.41) is 22.5. The SMILES string of the molecule is Cc1cn([C@H]2C[C@H](O)[C@@H](C(=O)NCCO[C@H]3C[C@H](n4cc(C)c(=O)[nH]c4=O)O[C@@H]3CO)O2)c(=O)[nH]c1=O. The van der Waals surface area contributed by atoms with Gasteiger partial charge in [0.15, 0.2) is 6.10 Å². The minimum Gasteiger partial charge on any atom is -0.394 e. The first-order valence-corrected chi connectivity index (χ1v) is 11.7. The van der Waals surface area contributed by atoms with Gasteiger partial charge in [-0.25, -0.2) is 9.59 Å². The van der Waals surface area contributed by atoms with Crippen molar-refractivity contribution in [1.29, 1.82) is 0 Å². The zero-order valence-electron chi connectivity index (χ0n) is 20.2. The number of ether oxygens (including phenoxy) is 3. The lowest BCUT2D eigenvalue weighted by atomic mass is 10.1. The van der Waals surface area contributed by atoms with Crippen LogP contribution in [-0.2, 0) is 19.0 Å². The summed E-state index contributed by atoms with van der Waals surface area (Å²) in [6, 6.07) is 0. The summed E-state index contributed by atoms with van der Waals surface area (Å²) >= 11 is 0. The van der Waals surface area contributed by atoms with Gasteiger partial charge in [0.2, 0.25) is 0 Å². The number of rotatable bonds is 8. The lowest BCUT2D eigenvalue weighted by molar-refractivity contribution is -0.138. The fourth-order valence-electron chi connectivity index (χ4n) is 4.36. The molecule has 5 N–H and O–H groups in total. The van der Waals surface area contributed by atoms with Crippen molar-refractivity contribution >= 4 is 5.91 Å². The molecule has 2 aromatic heterocycles. The summed E-state index contributed by atoms with van der Waals surface area (Å²) in [6.45, 7) is 2.79. The van der Waals surface area contributed by atoms with Crippen LogP contribution in [0.3, 0.4) is 0 Å². The van der Waals surface area contributed by atoms with Crippen LogP contribution in [0.15, 0.2) is 31.6 Å². The Bertz CT molecular complexity index is 1380. The Morgan fingerprint density at radius 2 is 1.59 bits per heavy atom. The summed E-state index contributed by atoms with van der Waals surface area (Å²) in [5.41, 5.74) is -1.77. The number of aromatic amines is 2. The monoisotopic (exact) mass is 523 g/mol. The van der Waals surface area contributed by atoms with Gasteiger partial charge in [-0.1, -0.05) is 0 Å². The summed E-state index contributed by atoms with van der Waals surface area (Å²) in [7, 11) is 0. The van der Waals surface area contributed by atoms with Crippen molar-refractivity contribution in [3.05, 3.63) is 65.2 Å². The Balaban J connectivity index is 1.29. The number of carbonyl (C=O) groups is 1. The first-order valence-electron chi connectivity index (χ1n) is 11.7. The molecule has 0 spiro atoms. The van der Waals surface area contributed by atoms with Crippen molar-refractivity contribution in [2.45, 2.75) is 63.6 Å². The third-order valence-corrected chi connectivity index (χ3v) is 6.36. The molecule has 15 nitrogen and oxygen atoms in total. The summed E-state index contributed by atoms with van der Waals surface area (Å²) < 4.78 is 19.4. The van der Waals surface area contributed by atoms with Crippen LogP contribution in [0.2, 0.25) is 0 Å². The van der Waals surface area contributed by atoms with Crippen LogP contribution in [0, 0.1) is 13.8 Å².